The molecule has 0 atom stereocenters. The van der Waals surface area contributed by atoms with Gasteiger partial charge in [-0.3, -0.25) is 5.32 Å². The molecular formula is C8H11NO2. The predicted octanol–water partition coefficient (Wildman–Crippen LogP) is 1.60. The van der Waals surface area contributed by atoms with Gasteiger partial charge >= 0.3 is 6.09 Å². The molecule has 1 amide bonds. The SMILES string of the molecule is C=C/C=C/NC(=O)OCC=C. The minimum absolute atomic E-state index is 0.216. The van der Waals surface area contributed by atoms with Crippen LogP contribution in [-0.2, 0) is 4.74 Å². The van der Waals surface area contributed by atoms with Crippen LogP contribution >= 0.6 is 0 Å². The van der Waals surface area contributed by atoms with Gasteiger partial charge in [-0.15, -0.1) is 0 Å². The first-order chi connectivity index (χ1) is 5.31. The predicted molar refractivity (Wildman–Crippen MR) is 44.0 cm³/mol. The molecule has 0 aliphatic rings. The number of hydrogen-bond acceptors (Lipinski definition) is 2. The normalized spacial score (nSPS) is 9.09. The summed E-state index contributed by atoms with van der Waals surface area (Å²) in [7, 11) is 0. The van der Waals surface area contributed by atoms with Crippen molar-refractivity contribution in [1.29, 1.82) is 0 Å². The van der Waals surface area contributed by atoms with Crippen LogP contribution in [0, 0.1) is 0 Å². The Bertz CT molecular complexity index is 173. The van der Waals surface area contributed by atoms with E-state index in [9.17, 15) is 4.79 Å². The number of rotatable bonds is 4. The molecule has 0 saturated carbocycles. The van der Waals surface area contributed by atoms with E-state index < -0.39 is 6.09 Å². The summed E-state index contributed by atoms with van der Waals surface area (Å²) < 4.78 is 4.58. The summed E-state index contributed by atoms with van der Waals surface area (Å²) in [6, 6.07) is 0. The summed E-state index contributed by atoms with van der Waals surface area (Å²) >= 11 is 0. The van der Waals surface area contributed by atoms with E-state index in [-0.39, 0.29) is 6.61 Å². The van der Waals surface area contributed by atoms with Gasteiger partial charge in [-0.1, -0.05) is 25.3 Å². The quantitative estimate of drug-likeness (QED) is 0.492. The van der Waals surface area contributed by atoms with E-state index in [1.165, 1.54) is 12.3 Å². The highest BCUT2D eigenvalue weighted by molar-refractivity contribution is 5.68. The van der Waals surface area contributed by atoms with Gasteiger partial charge in [0.2, 0.25) is 0 Å². The first-order valence-electron chi connectivity index (χ1n) is 3.13. The van der Waals surface area contributed by atoms with E-state index in [1.54, 1.807) is 12.2 Å². The fraction of sp³-hybridized carbons (Fsp3) is 0.125. The highest BCUT2D eigenvalue weighted by Crippen LogP contribution is 1.78. The lowest BCUT2D eigenvalue weighted by Crippen LogP contribution is -2.18. The number of ether oxygens (including phenoxy) is 1. The molecule has 0 spiro atoms. The lowest BCUT2D eigenvalue weighted by atomic mass is 10.6. The number of allylic oxidation sites excluding steroid dienone is 2. The summed E-state index contributed by atoms with van der Waals surface area (Å²) in [5.41, 5.74) is 0. The van der Waals surface area contributed by atoms with Crippen molar-refractivity contribution >= 4 is 6.09 Å². The van der Waals surface area contributed by atoms with Crippen LogP contribution in [-0.4, -0.2) is 12.7 Å². The second-order valence-electron chi connectivity index (χ2n) is 1.63. The van der Waals surface area contributed by atoms with Gasteiger partial charge in [0.25, 0.3) is 0 Å². The minimum Gasteiger partial charge on any atom is -0.445 e. The third-order valence-electron chi connectivity index (χ3n) is 0.766. The number of amides is 1. The average Bonchev–Trinajstić information content (AvgIpc) is 2.01. The molecule has 0 aromatic heterocycles. The van der Waals surface area contributed by atoms with Crippen molar-refractivity contribution in [2.45, 2.75) is 0 Å². The maximum absolute atomic E-state index is 10.6. The Labute approximate surface area is 66.0 Å². The topological polar surface area (TPSA) is 38.3 Å². The lowest BCUT2D eigenvalue weighted by molar-refractivity contribution is 0.162. The van der Waals surface area contributed by atoms with E-state index in [2.05, 4.69) is 23.2 Å². The van der Waals surface area contributed by atoms with Crippen molar-refractivity contribution in [3.05, 3.63) is 37.6 Å². The first-order valence-corrected chi connectivity index (χ1v) is 3.13. The minimum atomic E-state index is -0.497. The van der Waals surface area contributed by atoms with Gasteiger partial charge in [0.15, 0.2) is 0 Å². The molecule has 1 N–H and O–H groups in total. The van der Waals surface area contributed by atoms with Gasteiger partial charge < -0.3 is 4.74 Å². The highest BCUT2D eigenvalue weighted by Gasteiger charge is 1.93. The maximum Gasteiger partial charge on any atom is 0.411 e. The van der Waals surface area contributed by atoms with Crippen LogP contribution in [0.5, 0.6) is 0 Å². The van der Waals surface area contributed by atoms with Crippen molar-refractivity contribution in [3.8, 4) is 0 Å². The summed E-state index contributed by atoms with van der Waals surface area (Å²) in [6.45, 7) is 7.03. The van der Waals surface area contributed by atoms with E-state index >= 15 is 0 Å². The van der Waals surface area contributed by atoms with E-state index in [4.69, 9.17) is 0 Å². The number of alkyl carbamates (subject to hydrolysis) is 1. The van der Waals surface area contributed by atoms with Crippen molar-refractivity contribution in [2.24, 2.45) is 0 Å². The molecule has 0 aromatic rings. The average molecular weight is 153 g/mol. The monoisotopic (exact) mass is 153 g/mol. The Hall–Kier alpha value is -1.51. The highest BCUT2D eigenvalue weighted by atomic mass is 16.5. The van der Waals surface area contributed by atoms with Crippen molar-refractivity contribution in [1.82, 2.24) is 5.32 Å². The summed E-state index contributed by atoms with van der Waals surface area (Å²) in [4.78, 5) is 10.6. The van der Waals surface area contributed by atoms with Gasteiger partial charge in [0.05, 0.1) is 0 Å². The molecule has 0 saturated heterocycles. The van der Waals surface area contributed by atoms with Crippen LogP contribution < -0.4 is 5.32 Å². The summed E-state index contributed by atoms with van der Waals surface area (Å²) in [6.07, 6.45) is 5.58. The van der Waals surface area contributed by atoms with Crippen LogP contribution in [0.2, 0.25) is 0 Å². The Morgan fingerprint density at radius 2 is 2.27 bits per heavy atom. The fourth-order valence-electron chi connectivity index (χ4n) is 0.360. The molecule has 0 heterocycles. The number of nitrogens with one attached hydrogen (secondary N) is 1. The first kappa shape index (κ1) is 9.49. The second kappa shape index (κ2) is 6.61. The zero-order chi connectivity index (χ0) is 8.53. The van der Waals surface area contributed by atoms with Crippen LogP contribution in [0.3, 0.4) is 0 Å². The smallest absolute Gasteiger partial charge is 0.411 e. The molecular weight excluding hydrogens is 142 g/mol. The fourth-order valence-corrected chi connectivity index (χ4v) is 0.360. The van der Waals surface area contributed by atoms with E-state index in [0.717, 1.165) is 0 Å². The van der Waals surface area contributed by atoms with Gasteiger partial charge in [0.1, 0.15) is 6.61 Å². The van der Waals surface area contributed by atoms with Crippen LogP contribution in [0.25, 0.3) is 0 Å². The summed E-state index contributed by atoms with van der Waals surface area (Å²) in [5.74, 6) is 0. The molecule has 0 unspecified atom stereocenters. The van der Waals surface area contributed by atoms with Crippen LogP contribution in [0.15, 0.2) is 37.6 Å². The Morgan fingerprint density at radius 3 is 2.82 bits per heavy atom. The van der Waals surface area contributed by atoms with Gasteiger partial charge in [-0.25, -0.2) is 4.79 Å². The van der Waals surface area contributed by atoms with Crippen molar-refractivity contribution < 1.29 is 9.53 Å². The number of carbonyl (C=O) groups excluding carboxylic acids is 1. The molecule has 0 radical (unpaired) electrons. The van der Waals surface area contributed by atoms with E-state index in [0.29, 0.717) is 0 Å². The Balaban J connectivity index is 3.44. The summed E-state index contributed by atoms with van der Waals surface area (Å²) in [5, 5.41) is 2.36. The van der Waals surface area contributed by atoms with Gasteiger partial charge in [-0.05, 0) is 6.08 Å². The molecule has 0 bridgehead atoms. The van der Waals surface area contributed by atoms with Crippen molar-refractivity contribution in [3.63, 3.8) is 0 Å². The zero-order valence-electron chi connectivity index (χ0n) is 6.25. The van der Waals surface area contributed by atoms with E-state index in [1.807, 2.05) is 0 Å². The third-order valence-corrected chi connectivity index (χ3v) is 0.766. The molecule has 0 aliphatic heterocycles. The number of hydrogen-bond donors (Lipinski definition) is 1. The number of carbonyl (C=O) groups is 1. The van der Waals surface area contributed by atoms with Gasteiger partial charge in [-0.2, -0.15) is 0 Å². The third kappa shape index (κ3) is 6.37. The maximum atomic E-state index is 10.6. The second-order valence-corrected chi connectivity index (χ2v) is 1.63. The molecule has 0 rings (SSSR count). The largest absolute Gasteiger partial charge is 0.445 e. The lowest BCUT2D eigenvalue weighted by Gasteiger charge is -1.98. The zero-order valence-corrected chi connectivity index (χ0v) is 6.25. The van der Waals surface area contributed by atoms with Gasteiger partial charge in [0, 0.05) is 6.20 Å². The molecule has 3 heteroatoms. The van der Waals surface area contributed by atoms with Crippen LogP contribution in [0.1, 0.15) is 0 Å². The molecule has 0 aromatic carbocycles. The Kier molecular flexibility index (Phi) is 5.70. The standard InChI is InChI=1S/C8H11NO2/c1-3-5-6-9-8(10)11-7-4-2/h3-6H,1-2,7H2,(H,9,10)/b6-5+. The van der Waals surface area contributed by atoms with Crippen molar-refractivity contribution in [2.75, 3.05) is 6.61 Å². The molecule has 60 valence electrons. The van der Waals surface area contributed by atoms with Crippen LogP contribution in [0.4, 0.5) is 4.79 Å². The molecule has 3 nitrogen and oxygen atoms in total. The molecule has 0 aliphatic carbocycles. The Morgan fingerprint density at radius 1 is 1.55 bits per heavy atom. The molecule has 11 heavy (non-hydrogen) atoms. The molecule has 0 fully saturated rings.